The summed E-state index contributed by atoms with van der Waals surface area (Å²) in [5, 5.41) is 8.88. The van der Waals surface area contributed by atoms with E-state index < -0.39 is 12.1 Å². The highest BCUT2D eigenvalue weighted by molar-refractivity contribution is 9.10. The van der Waals surface area contributed by atoms with Gasteiger partial charge in [0.1, 0.15) is 11.8 Å². The molecule has 1 rings (SSSR count). The first kappa shape index (κ1) is 12.5. The summed E-state index contributed by atoms with van der Waals surface area (Å²) < 4.78 is 10.6. The second-order valence-electron chi connectivity index (χ2n) is 3.04. The molecule has 84 valence electrons. The van der Waals surface area contributed by atoms with Crippen molar-refractivity contribution in [2.45, 2.75) is 13.0 Å². The largest absolute Gasteiger partial charge is 0.478 e. The number of halogens is 1. The van der Waals surface area contributed by atoms with E-state index in [0.717, 1.165) is 4.47 Å². The van der Waals surface area contributed by atoms with Crippen LogP contribution in [0.4, 0.5) is 0 Å². The Hall–Kier alpha value is -1.54. The lowest BCUT2D eigenvalue weighted by molar-refractivity contribution is -0.147. The van der Waals surface area contributed by atoms with Gasteiger partial charge in [0.2, 0.25) is 0 Å². The highest BCUT2D eigenvalue weighted by Gasteiger charge is 2.16. The van der Waals surface area contributed by atoms with Crippen molar-refractivity contribution in [3.05, 3.63) is 28.2 Å². The summed E-state index contributed by atoms with van der Waals surface area (Å²) >= 11 is 3.25. The standard InChI is InChI=1S/C11H10BrNO3/c1-7(11(14)15-2)16-10-4-3-9(12)5-8(10)6-13/h3-5,7H,1-2H3/t7-/m0/s1. The minimum Gasteiger partial charge on any atom is -0.478 e. The Morgan fingerprint density at radius 1 is 1.56 bits per heavy atom. The van der Waals surface area contributed by atoms with Crippen LogP contribution in [0.1, 0.15) is 12.5 Å². The van der Waals surface area contributed by atoms with Crippen LogP contribution < -0.4 is 4.74 Å². The molecule has 0 N–H and O–H groups in total. The molecule has 1 aromatic rings. The lowest BCUT2D eigenvalue weighted by atomic mass is 10.2. The summed E-state index contributed by atoms with van der Waals surface area (Å²) in [6.07, 6.45) is -0.738. The van der Waals surface area contributed by atoms with Gasteiger partial charge in [-0.15, -0.1) is 0 Å². The average Bonchev–Trinajstić information content (AvgIpc) is 2.30. The van der Waals surface area contributed by atoms with Gasteiger partial charge in [0.25, 0.3) is 0 Å². The van der Waals surface area contributed by atoms with Gasteiger partial charge in [0.15, 0.2) is 6.10 Å². The first-order valence-corrected chi connectivity index (χ1v) is 5.32. The van der Waals surface area contributed by atoms with E-state index in [1.807, 2.05) is 6.07 Å². The molecule has 0 fully saturated rings. The molecule has 0 saturated heterocycles. The molecule has 0 aliphatic carbocycles. The second kappa shape index (κ2) is 5.52. The van der Waals surface area contributed by atoms with Crippen molar-refractivity contribution in [1.29, 1.82) is 5.26 Å². The van der Waals surface area contributed by atoms with Gasteiger partial charge in [-0.05, 0) is 25.1 Å². The van der Waals surface area contributed by atoms with E-state index in [1.165, 1.54) is 7.11 Å². The van der Waals surface area contributed by atoms with Crippen molar-refractivity contribution in [1.82, 2.24) is 0 Å². The molecule has 16 heavy (non-hydrogen) atoms. The van der Waals surface area contributed by atoms with E-state index in [0.29, 0.717) is 11.3 Å². The van der Waals surface area contributed by atoms with Gasteiger partial charge in [0, 0.05) is 4.47 Å². The maximum Gasteiger partial charge on any atom is 0.346 e. The van der Waals surface area contributed by atoms with Gasteiger partial charge in [-0.1, -0.05) is 15.9 Å². The average molecular weight is 284 g/mol. The van der Waals surface area contributed by atoms with Crippen molar-refractivity contribution in [3.8, 4) is 11.8 Å². The molecule has 0 spiro atoms. The monoisotopic (exact) mass is 283 g/mol. The molecule has 4 nitrogen and oxygen atoms in total. The molecule has 0 amide bonds. The van der Waals surface area contributed by atoms with Crippen LogP contribution in [0.15, 0.2) is 22.7 Å². The van der Waals surface area contributed by atoms with E-state index in [9.17, 15) is 4.79 Å². The van der Waals surface area contributed by atoms with E-state index >= 15 is 0 Å². The van der Waals surface area contributed by atoms with E-state index in [-0.39, 0.29) is 0 Å². The summed E-state index contributed by atoms with van der Waals surface area (Å²) in [7, 11) is 1.29. The zero-order valence-electron chi connectivity index (χ0n) is 8.86. The first-order valence-electron chi connectivity index (χ1n) is 4.52. The third-order valence-electron chi connectivity index (χ3n) is 1.90. The smallest absolute Gasteiger partial charge is 0.346 e. The summed E-state index contributed by atoms with van der Waals surface area (Å²) in [6, 6.07) is 6.98. The molecule has 0 heterocycles. The minimum atomic E-state index is -0.738. The Bertz CT molecular complexity index is 439. The van der Waals surface area contributed by atoms with Gasteiger partial charge < -0.3 is 9.47 Å². The number of nitriles is 1. The number of carbonyl (C=O) groups excluding carboxylic acids is 1. The highest BCUT2D eigenvalue weighted by atomic mass is 79.9. The Morgan fingerprint density at radius 3 is 2.81 bits per heavy atom. The van der Waals surface area contributed by atoms with Gasteiger partial charge in [-0.2, -0.15) is 5.26 Å². The predicted octanol–water partition coefficient (Wildman–Crippen LogP) is 2.26. The maximum absolute atomic E-state index is 11.1. The quantitative estimate of drug-likeness (QED) is 0.799. The molecule has 0 bridgehead atoms. The molecule has 5 heteroatoms. The molecular formula is C11H10BrNO3. The number of benzene rings is 1. The molecule has 0 unspecified atom stereocenters. The fourth-order valence-corrected chi connectivity index (χ4v) is 1.46. The molecule has 0 radical (unpaired) electrons. The molecule has 0 aromatic heterocycles. The predicted molar refractivity (Wildman–Crippen MR) is 61.0 cm³/mol. The Kier molecular flexibility index (Phi) is 4.32. The number of methoxy groups -OCH3 is 1. The maximum atomic E-state index is 11.1. The Balaban J connectivity index is 2.90. The third kappa shape index (κ3) is 2.97. The summed E-state index contributed by atoms with van der Waals surface area (Å²) in [5.41, 5.74) is 0.366. The van der Waals surface area contributed by atoms with Gasteiger partial charge in [-0.3, -0.25) is 0 Å². The molecule has 0 aliphatic rings. The number of hydrogen-bond donors (Lipinski definition) is 0. The van der Waals surface area contributed by atoms with E-state index in [1.54, 1.807) is 25.1 Å². The lowest BCUT2D eigenvalue weighted by Crippen LogP contribution is -2.25. The number of hydrogen-bond acceptors (Lipinski definition) is 4. The molecule has 0 saturated carbocycles. The lowest BCUT2D eigenvalue weighted by Gasteiger charge is -2.13. The van der Waals surface area contributed by atoms with Crippen LogP contribution in [0.25, 0.3) is 0 Å². The van der Waals surface area contributed by atoms with E-state index in [4.69, 9.17) is 10.00 Å². The summed E-state index contributed by atoms with van der Waals surface area (Å²) in [4.78, 5) is 11.1. The summed E-state index contributed by atoms with van der Waals surface area (Å²) in [5.74, 6) is -0.115. The third-order valence-corrected chi connectivity index (χ3v) is 2.39. The molecular weight excluding hydrogens is 274 g/mol. The molecule has 0 aliphatic heterocycles. The van der Waals surface area contributed by atoms with Crippen molar-refractivity contribution in [2.24, 2.45) is 0 Å². The normalized spacial score (nSPS) is 11.4. The van der Waals surface area contributed by atoms with E-state index in [2.05, 4.69) is 20.7 Å². The SMILES string of the molecule is COC(=O)[C@H](C)Oc1ccc(Br)cc1C#N. The fourth-order valence-electron chi connectivity index (χ4n) is 1.10. The first-order chi connectivity index (χ1) is 7.58. The number of ether oxygens (including phenoxy) is 2. The number of carbonyl (C=O) groups is 1. The number of rotatable bonds is 3. The van der Waals surface area contributed by atoms with Gasteiger partial charge in [0.05, 0.1) is 12.7 Å². The fraction of sp³-hybridized carbons (Fsp3) is 0.273. The van der Waals surface area contributed by atoms with Crippen molar-refractivity contribution in [2.75, 3.05) is 7.11 Å². The van der Waals surface area contributed by atoms with Crippen LogP contribution in [0.3, 0.4) is 0 Å². The zero-order chi connectivity index (χ0) is 12.1. The number of nitrogens with zero attached hydrogens (tertiary/aromatic N) is 1. The van der Waals surface area contributed by atoms with Crippen molar-refractivity contribution in [3.63, 3.8) is 0 Å². The summed E-state index contributed by atoms with van der Waals surface area (Å²) in [6.45, 7) is 1.56. The highest BCUT2D eigenvalue weighted by Crippen LogP contribution is 2.23. The Labute approximate surface area is 102 Å². The van der Waals surface area contributed by atoms with Gasteiger partial charge in [-0.25, -0.2) is 4.79 Å². The second-order valence-corrected chi connectivity index (χ2v) is 3.95. The van der Waals surface area contributed by atoms with Crippen LogP contribution in [-0.4, -0.2) is 19.2 Å². The van der Waals surface area contributed by atoms with Crippen LogP contribution >= 0.6 is 15.9 Å². The molecule has 1 atom stereocenters. The van der Waals surface area contributed by atoms with Gasteiger partial charge >= 0.3 is 5.97 Å². The zero-order valence-corrected chi connectivity index (χ0v) is 10.4. The van der Waals surface area contributed by atoms with Crippen LogP contribution in [0, 0.1) is 11.3 Å². The van der Waals surface area contributed by atoms with Crippen molar-refractivity contribution >= 4 is 21.9 Å². The Morgan fingerprint density at radius 2 is 2.25 bits per heavy atom. The number of esters is 1. The minimum absolute atomic E-state index is 0.364. The van der Waals surface area contributed by atoms with Crippen molar-refractivity contribution < 1.29 is 14.3 Å². The van der Waals surface area contributed by atoms with Crippen LogP contribution in [0.2, 0.25) is 0 Å². The topological polar surface area (TPSA) is 59.3 Å². The van der Waals surface area contributed by atoms with Crippen LogP contribution in [-0.2, 0) is 9.53 Å². The van der Waals surface area contributed by atoms with Crippen LogP contribution in [0.5, 0.6) is 5.75 Å². The molecule has 1 aromatic carbocycles.